The van der Waals surface area contributed by atoms with Crippen molar-refractivity contribution in [1.29, 1.82) is 0 Å². The van der Waals surface area contributed by atoms with Crippen molar-refractivity contribution in [1.82, 2.24) is 5.43 Å². The highest BCUT2D eigenvalue weighted by Crippen LogP contribution is 2.22. The summed E-state index contributed by atoms with van der Waals surface area (Å²) in [4.78, 5) is 0. The van der Waals surface area contributed by atoms with Crippen molar-refractivity contribution in [2.45, 2.75) is 18.9 Å². The zero-order valence-corrected chi connectivity index (χ0v) is 9.65. The highest BCUT2D eigenvalue weighted by molar-refractivity contribution is 6.35. The Morgan fingerprint density at radius 3 is 2.73 bits per heavy atom. The van der Waals surface area contributed by atoms with Crippen molar-refractivity contribution in [2.75, 3.05) is 0 Å². The molecule has 0 radical (unpaired) electrons. The molecule has 1 atom stereocenters. The van der Waals surface area contributed by atoms with Crippen LogP contribution in [0, 0.1) is 12.3 Å². The molecule has 0 aromatic heterocycles. The second-order valence-electron chi connectivity index (χ2n) is 3.21. The van der Waals surface area contributed by atoms with E-state index in [9.17, 15) is 0 Å². The standard InChI is InChI=1S/C11H12Cl2N2/c1-2-3-10(15-14)6-8-4-5-9(12)7-11(8)13/h1,4-5,7,10,15H,3,6,14H2. The number of hydrazine groups is 1. The Kier molecular flexibility index (Phi) is 4.93. The first-order valence-electron chi connectivity index (χ1n) is 4.51. The molecule has 1 aromatic carbocycles. The van der Waals surface area contributed by atoms with Crippen LogP contribution in [0.1, 0.15) is 12.0 Å². The van der Waals surface area contributed by atoms with E-state index in [4.69, 9.17) is 35.5 Å². The Morgan fingerprint density at radius 2 is 2.20 bits per heavy atom. The van der Waals surface area contributed by atoms with Crippen molar-refractivity contribution in [3.05, 3.63) is 33.8 Å². The number of nitrogens with one attached hydrogen (secondary N) is 1. The fourth-order valence-corrected chi connectivity index (χ4v) is 1.77. The molecule has 2 nitrogen and oxygen atoms in total. The van der Waals surface area contributed by atoms with Gasteiger partial charge in [0.05, 0.1) is 0 Å². The van der Waals surface area contributed by atoms with E-state index in [1.807, 2.05) is 6.07 Å². The molecular formula is C11H12Cl2N2. The summed E-state index contributed by atoms with van der Waals surface area (Å²) in [7, 11) is 0. The normalized spacial score (nSPS) is 12.1. The van der Waals surface area contributed by atoms with E-state index >= 15 is 0 Å². The van der Waals surface area contributed by atoms with Gasteiger partial charge in [-0.15, -0.1) is 12.3 Å². The lowest BCUT2D eigenvalue weighted by Gasteiger charge is -2.13. The molecule has 80 valence electrons. The summed E-state index contributed by atoms with van der Waals surface area (Å²) in [5.41, 5.74) is 3.64. The summed E-state index contributed by atoms with van der Waals surface area (Å²) < 4.78 is 0. The maximum absolute atomic E-state index is 6.03. The van der Waals surface area contributed by atoms with Gasteiger partial charge in [0.1, 0.15) is 0 Å². The second-order valence-corrected chi connectivity index (χ2v) is 4.06. The molecule has 0 spiro atoms. The van der Waals surface area contributed by atoms with Crippen molar-refractivity contribution in [3.8, 4) is 12.3 Å². The van der Waals surface area contributed by atoms with Crippen LogP contribution >= 0.6 is 23.2 Å². The molecule has 0 amide bonds. The summed E-state index contributed by atoms with van der Waals surface area (Å²) in [6.07, 6.45) is 6.48. The summed E-state index contributed by atoms with van der Waals surface area (Å²) in [5.74, 6) is 7.93. The molecule has 0 fully saturated rings. The van der Waals surface area contributed by atoms with Crippen LogP contribution in [-0.2, 0) is 6.42 Å². The minimum absolute atomic E-state index is 0.0358. The summed E-state index contributed by atoms with van der Waals surface area (Å²) in [5, 5.41) is 1.26. The molecule has 0 aliphatic rings. The molecule has 4 heteroatoms. The molecule has 1 rings (SSSR count). The monoisotopic (exact) mass is 242 g/mol. The highest BCUT2D eigenvalue weighted by Gasteiger charge is 2.09. The number of rotatable bonds is 4. The number of halogens is 2. The fourth-order valence-electron chi connectivity index (χ4n) is 1.28. The van der Waals surface area contributed by atoms with Crippen molar-refractivity contribution in [2.24, 2.45) is 5.84 Å². The second kappa shape index (κ2) is 5.99. The zero-order valence-electron chi connectivity index (χ0n) is 8.13. The molecular weight excluding hydrogens is 231 g/mol. The molecule has 1 unspecified atom stereocenters. The van der Waals surface area contributed by atoms with Gasteiger partial charge in [-0.1, -0.05) is 29.3 Å². The number of terminal acetylenes is 1. The van der Waals surface area contributed by atoms with E-state index in [0.29, 0.717) is 22.9 Å². The maximum atomic E-state index is 6.03. The van der Waals surface area contributed by atoms with Gasteiger partial charge in [0, 0.05) is 22.5 Å². The lowest BCUT2D eigenvalue weighted by Crippen LogP contribution is -2.36. The van der Waals surface area contributed by atoms with Crippen LogP contribution in [0.2, 0.25) is 10.0 Å². The third-order valence-electron chi connectivity index (χ3n) is 2.08. The van der Waals surface area contributed by atoms with Crippen LogP contribution in [0.15, 0.2) is 18.2 Å². The first-order valence-corrected chi connectivity index (χ1v) is 5.26. The van der Waals surface area contributed by atoms with Crippen LogP contribution < -0.4 is 11.3 Å². The number of nitrogens with two attached hydrogens (primary N) is 1. The minimum Gasteiger partial charge on any atom is -0.271 e. The first-order chi connectivity index (χ1) is 7.17. The van der Waals surface area contributed by atoms with Gasteiger partial charge in [0.25, 0.3) is 0 Å². The Balaban J connectivity index is 2.75. The predicted molar refractivity (Wildman–Crippen MR) is 64.7 cm³/mol. The predicted octanol–water partition coefficient (Wildman–Crippen LogP) is 2.39. The Morgan fingerprint density at radius 1 is 1.47 bits per heavy atom. The Hall–Kier alpha value is -0.720. The minimum atomic E-state index is 0.0358. The maximum Gasteiger partial charge on any atom is 0.0453 e. The van der Waals surface area contributed by atoms with E-state index < -0.39 is 0 Å². The number of benzene rings is 1. The SMILES string of the molecule is C#CCC(Cc1ccc(Cl)cc1Cl)NN. The van der Waals surface area contributed by atoms with E-state index in [1.165, 1.54) is 0 Å². The van der Waals surface area contributed by atoms with Crippen LogP contribution in [0.25, 0.3) is 0 Å². The number of hydrogen-bond acceptors (Lipinski definition) is 2. The van der Waals surface area contributed by atoms with Crippen molar-refractivity contribution < 1.29 is 0 Å². The van der Waals surface area contributed by atoms with Gasteiger partial charge < -0.3 is 0 Å². The molecule has 1 aromatic rings. The summed E-state index contributed by atoms with van der Waals surface area (Å²) in [6, 6.07) is 5.42. The van der Waals surface area contributed by atoms with Gasteiger partial charge in [-0.05, 0) is 24.1 Å². The largest absolute Gasteiger partial charge is 0.271 e. The molecule has 0 aliphatic heterocycles. The molecule has 15 heavy (non-hydrogen) atoms. The molecule has 0 aliphatic carbocycles. The van der Waals surface area contributed by atoms with E-state index in [2.05, 4.69) is 11.3 Å². The first kappa shape index (κ1) is 12.4. The topological polar surface area (TPSA) is 38.0 Å². The third-order valence-corrected chi connectivity index (χ3v) is 2.67. The number of hydrogen-bond donors (Lipinski definition) is 2. The van der Waals surface area contributed by atoms with Crippen molar-refractivity contribution >= 4 is 23.2 Å². The quantitative estimate of drug-likeness (QED) is 0.484. The highest BCUT2D eigenvalue weighted by atomic mass is 35.5. The third kappa shape index (κ3) is 3.73. The van der Waals surface area contributed by atoms with Gasteiger partial charge in [-0.3, -0.25) is 11.3 Å². The molecule has 0 saturated heterocycles. The van der Waals surface area contributed by atoms with Crippen LogP contribution in [0.4, 0.5) is 0 Å². The fraction of sp³-hybridized carbons (Fsp3) is 0.273. The van der Waals surface area contributed by atoms with Crippen LogP contribution in [-0.4, -0.2) is 6.04 Å². The zero-order chi connectivity index (χ0) is 11.3. The lowest BCUT2D eigenvalue weighted by atomic mass is 10.0. The average Bonchev–Trinajstić information content (AvgIpc) is 2.21. The smallest absolute Gasteiger partial charge is 0.0453 e. The van der Waals surface area contributed by atoms with E-state index in [-0.39, 0.29) is 6.04 Å². The lowest BCUT2D eigenvalue weighted by molar-refractivity contribution is 0.537. The van der Waals surface area contributed by atoms with E-state index in [1.54, 1.807) is 12.1 Å². The molecule has 0 heterocycles. The van der Waals surface area contributed by atoms with Crippen molar-refractivity contribution in [3.63, 3.8) is 0 Å². The van der Waals surface area contributed by atoms with Crippen LogP contribution in [0.3, 0.4) is 0 Å². The van der Waals surface area contributed by atoms with E-state index in [0.717, 1.165) is 5.56 Å². The summed E-state index contributed by atoms with van der Waals surface area (Å²) in [6.45, 7) is 0. The van der Waals surface area contributed by atoms with Crippen LogP contribution in [0.5, 0.6) is 0 Å². The van der Waals surface area contributed by atoms with Gasteiger partial charge in [0.15, 0.2) is 0 Å². The van der Waals surface area contributed by atoms with Gasteiger partial charge in [-0.2, -0.15) is 0 Å². The van der Waals surface area contributed by atoms with Gasteiger partial charge in [0.2, 0.25) is 0 Å². The Labute approximate surface area is 99.7 Å². The van der Waals surface area contributed by atoms with Gasteiger partial charge >= 0.3 is 0 Å². The summed E-state index contributed by atoms with van der Waals surface area (Å²) >= 11 is 11.8. The molecule has 0 bridgehead atoms. The molecule has 0 saturated carbocycles. The Bertz CT molecular complexity index is 371. The average molecular weight is 243 g/mol. The van der Waals surface area contributed by atoms with Gasteiger partial charge in [-0.25, -0.2) is 0 Å². The molecule has 3 N–H and O–H groups in total.